The molecular formula is C12H17NO. The predicted octanol–water partition coefficient (Wildman–Crippen LogP) is 2.30. The molecule has 0 amide bonds. The fourth-order valence-electron chi connectivity index (χ4n) is 1.38. The van der Waals surface area contributed by atoms with Crippen LogP contribution < -0.4 is 5.73 Å². The fourth-order valence-corrected chi connectivity index (χ4v) is 1.38. The predicted molar refractivity (Wildman–Crippen MR) is 57.8 cm³/mol. The molecule has 0 aliphatic carbocycles. The van der Waals surface area contributed by atoms with E-state index in [0.29, 0.717) is 12.3 Å². The monoisotopic (exact) mass is 191 g/mol. The van der Waals surface area contributed by atoms with Crippen molar-refractivity contribution in [3.05, 3.63) is 35.9 Å². The van der Waals surface area contributed by atoms with Gasteiger partial charge < -0.3 is 5.73 Å². The van der Waals surface area contributed by atoms with Crippen LogP contribution in [0.3, 0.4) is 0 Å². The Morgan fingerprint density at radius 2 is 1.86 bits per heavy atom. The normalized spacial score (nSPS) is 12.9. The lowest BCUT2D eigenvalue weighted by Crippen LogP contribution is -2.22. The number of hydrogen-bond acceptors (Lipinski definition) is 2. The van der Waals surface area contributed by atoms with Crippen molar-refractivity contribution in [2.45, 2.75) is 26.3 Å². The minimum atomic E-state index is -0.460. The third kappa shape index (κ3) is 2.96. The molecule has 2 nitrogen and oxygen atoms in total. The minimum Gasteiger partial charge on any atom is -0.318 e. The molecule has 1 aromatic rings. The topological polar surface area (TPSA) is 43.1 Å². The Balaban J connectivity index is 2.66. The second-order valence-corrected chi connectivity index (χ2v) is 3.95. The number of ketones is 1. The summed E-state index contributed by atoms with van der Waals surface area (Å²) in [5, 5.41) is 0. The molecule has 0 saturated heterocycles. The van der Waals surface area contributed by atoms with Crippen LogP contribution in [-0.2, 0) is 4.79 Å². The largest absolute Gasteiger partial charge is 0.318 e. The standard InChI is InChI=1S/C12H17NO/c1-9(2)8-11(14)12(13)10-6-4-3-5-7-10/h3-7,9,12H,8,13H2,1-2H3/t12-/m1/s1. The van der Waals surface area contributed by atoms with Crippen LogP contribution in [0.4, 0.5) is 0 Å². The molecule has 0 saturated carbocycles. The van der Waals surface area contributed by atoms with Crippen LogP contribution in [0.5, 0.6) is 0 Å². The highest BCUT2D eigenvalue weighted by Crippen LogP contribution is 2.14. The average Bonchev–Trinajstić information content (AvgIpc) is 2.17. The Hall–Kier alpha value is -1.15. The maximum atomic E-state index is 11.6. The van der Waals surface area contributed by atoms with E-state index in [1.807, 2.05) is 44.2 Å². The van der Waals surface area contributed by atoms with E-state index in [2.05, 4.69) is 0 Å². The van der Waals surface area contributed by atoms with Gasteiger partial charge in [-0.25, -0.2) is 0 Å². The van der Waals surface area contributed by atoms with Crippen molar-refractivity contribution in [3.8, 4) is 0 Å². The smallest absolute Gasteiger partial charge is 0.154 e. The number of hydrogen-bond donors (Lipinski definition) is 1. The maximum Gasteiger partial charge on any atom is 0.154 e. The highest BCUT2D eigenvalue weighted by molar-refractivity contribution is 5.85. The average molecular weight is 191 g/mol. The van der Waals surface area contributed by atoms with Crippen LogP contribution in [0.25, 0.3) is 0 Å². The van der Waals surface area contributed by atoms with Gasteiger partial charge in [0.25, 0.3) is 0 Å². The first kappa shape index (κ1) is 10.9. The van der Waals surface area contributed by atoms with Gasteiger partial charge in [-0.15, -0.1) is 0 Å². The van der Waals surface area contributed by atoms with Gasteiger partial charge in [0.15, 0.2) is 5.78 Å². The molecule has 76 valence electrons. The summed E-state index contributed by atoms with van der Waals surface area (Å²) in [6.45, 7) is 4.05. The van der Waals surface area contributed by atoms with Crippen LogP contribution in [0.15, 0.2) is 30.3 Å². The Labute approximate surface area is 85.1 Å². The quantitative estimate of drug-likeness (QED) is 0.793. The first-order valence-electron chi connectivity index (χ1n) is 4.94. The summed E-state index contributed by atoms with van der Waals surface area (Å²) in [5.41, 5.74) is 6.74. The number of nitrogens with two attached hydrogens (primary N) is 1. The van der Waals surface area contributed by atoms with E-state index >= 15 is 0 Å². The summed E-state index contributed by atoms with van der Waals surface area (Å²) in [4.78, 5) is 11.6. The fraction of sp³-hybridized carbons (Fsp3) is 0.417. The molecule has 0 unspecified atom stereocenters. The van der Waals surface area contributed by atoms with Crippen molar-refractivity contribution in [3.63, 3.8) is 0 Å². The van der Waals surface area contributed by atoms with Gasteiger partial charge in [-0.05, 0) is 11.5 Å². The SMILES string of the molecule is CC(C)CC(=O)[C@H](N)c1ccccc1. The summed E-state index contributed by atoms with van der Waals surface area (Å²) in [5.74, 6) is 0.489. The lowest BCUT2D eigenvalue weighted by Gasteiger charge is -2.12. The van der Waals surface area contributed by atoms with E-state index in [0.717, 1.165) is 5.56 Å². The van der Waals surface area contributed by atoms with Gasteiger partial charge in [-0.1, -0.05) is 44.2 Å². The van der Waals surface area contributed by atoms with Gasteiger partial charge in [-0.2, -0.15) is 0 Å². The molecule has 1 atom stereocenters. The van der Waals surface area contributed by atoms with Crippen LogP contribution in [0.2, 0.25) is 0 Å². The molecule has 0 aliphatic rings. The van der Waals surface area contributed by atoms with E-state index in [9.17, 15) is 4.79 Å². The Morgan fingerprint density at radius 1 is 1.29 bits per heavy atom. The Bertz CT molecular complexity index is 292. The van der Waals surface area contributed by atoms with Gasteiger partial charge in [0.1, 0.15) is 0 Å². The zero-order valence-electron chi connectivity index (χ0n) is 8.73. The van der Waals surface area contributed by atoms with Crippen LogP contribution >= 0.6 is 0 Å². The van der Waals surface area contributed by atoms with E-state index in [1.165, 1.54) is 0 Å². The Kier molecular flexibility index (Phi) is 3.84. The lowest BCUT2D eigenvalue weighted by molar-refractivity contribution is -0.121. The molecule has 1 aromatic carbocycles. The van der Waals surface area contributed by atoms with Crippen LogP contribution in [0, 0.1) is 5.92 Å². The molecule has 2 heteroatoms. The molecule has 1 rings (SSSR count). The highest BCUT2D eigenvalue weighted by atomic mass is 16.1. The molecule has 0 aromatic heterocycles. The molecule has 0 heterocycles. The molecule has 14 heavy (non-hydrogen) atoms. The van der Waals surface area contributed by atoms with Crippen molar-refractivity contribution in [1.29, 1.82) is 0 Å². The molecular weight excluding hydrogens is 174 g/mol. The van der Waals surface area contributed by atoms with Gasteiger partial charge in [0.2, 0.25) is 0 Å². The zero-order valence-corrected chi connectivity index (χ0v) is 8.73. The van der Waals surface area contributed by atoms with E-state index in [4.69, 9.17) is 5.73 Å². The number of benzene rings is 1. The molecule has 0 bridgehead atoms. The number of carbonyl (C=O) groups is 1. The number of rotatable bonds is 4. The first-order valence-corrected chi connectivity index (χ1v) is 4.94. The van der Waals surface area contributed by atoms with Crippen molar-refractivity contribution in [2.24, 2.45) is 11.7 Å². The van der Waals surface area contributed by atoms with E-state index in [1.54, 1.807) is 0 Å². The first-order chi connectivity index (χ1) is 6.61. The number of Topliss-reactive ketones (excluding diaryl/α,β-unsaturated/α-hetero) is 1. The summed E-state index contributed by atoms with van der Waals surface area (Å²) in [6, 6.07) is 9.04. The third-order valence-corrected chi connectivity index (χ3v) is 2.12. The molecule has 0 aliphatic heterocycles. The summed E-state index contributed by atoms with van der Waals surface area (Å²) >= 11 is 0. The molecule has 0 radical (unpaired) electrons. The van der Waals surface area contributed by atoms with Crippen molar-refractivity contribution in [2.75, 3.05) is 0 Å². The zero-order chi connectivity index (χ0) is 10.6. The van der Waals surface area contributed by atoms with Crippen LogP contribution in [0.1, 0.15) is 31.9 Å². The van der Waals surface area contributed by atoms with E-state index < -0.39 is 6.04 Å². The van der Waals surface area contributed by atoms with Gasteiger partial charge in [-0.3, -0.25) is 4.79 Å². The highest BCUT2D eigenvalue weighted by Gasteiger charge is 2.15. The van der Waals surface area contributed by atoms with Gasteiger partial charge in [0.05, 0.1) is 6.04 Å². The third-order valence-electron chi connectivity index (χ3n) is 2.12. The second kappa shape index (κ2) is 4.91. The van der Waals surface area contributed by atoms with Crippen LogP contribution in [-0.4, -0.2) is 5.78 Å². The lowest BCUT2D eigenvalue weighted by atomic mass is 9.97. The Morgan fingerprint density at radius 3 is 2.36 bits per heavy atom. The van der Waals surface area contributed by atoms with Gasteiger partial charge >= 0.3 is 0 Å². The maximum absolute atomic E-state index is 11.6. The van der Waals surface area contributed by atoms with E-state index in [-0.39, 0.29) is 5.78 Å². The summed E-state index contributed by atoms with van der Waals surface area (Å²) in [7, 11) is 0. The van der Waals surface area contributed by atoms with Crippen molar-refractivity contribution < 1.29 is 4.79 Å². The summed E-state index contributed by atoms with van der Waals surface area (Å²) in [6.07, 6.45) is 0.552. The molecule has 0 fully saturated rings. The van der Waals surface area contributed by atoms with Crippen molar-refractivity contribution in [1.82, 2.24) is 0 Å². The second-order valence-electron chi connectivity index (χ2n) is 3.95. The minimum absolute atomic E-state index is 0.117. The van der Waals surface area contributed by atoms with Crippen molar-refractivity contribution >= 4 is 5.78 Å². The molecule has 0 spiro atoms. The summed E-state index contributed by atoms with van der Waals surface area (Å²) < 4.78 is 0. The molecule has 2 N–H and O–H groups in total. The van der Waals surface area contributed by atoms with Gasteiger partial charge in [0, 0.05) is 6.42 Å². The number of carbonyl (C=O) groups excluding carboxylic acids is 1.